The minimum atomic E-state index is -2.05. The van der Waals surface area contributed by atoms with Crippen molar-refractivity contribution in [2.75, 3.05) is 14.2 Å². The molecule has 9 aromatic rings. The van der Waals surface area contributed by atoms with Gasteiger partial charge in [0.1, 0.15) is 0 Å². The maximum Gasteiger partial charge on any atom is 0.337 e. The van der Waals surface area contributed by atoms with Gasteiger partial charge in [-0.15, -0.1) is 20.1 Å². The monoisotopic (exact) mass is 885 g/mol. The molecule has 0 fully saturated rings. The standard InChI is InChI=1S/C58H47NO4S2/c1-62-57(60)42-37-43(58(61)63-2)39-44(38-42)59-55-35-33-51(64(45-21-9-3-10-22-45,46-23-11-4-12-24-46)47-25-13-5-14-26-47)40-53(55)54-41-52(34-36-56(54)59)65(48-27-15-6-16-28-48,49-29-17-7-18-30-49)50-31-19-8-20-32-50/h3-19,21-31,33-41H,20,32H2,1-2H3. The van der Waals surface area contributed by atoms with Gasteiger partial charge in [0.15, 0.2) is 0 Å². The summed E-state index contributed by atoms with van der Waals surface area (Å²) >= 11 is 0. The summed E-state index contributed by atoms with van der Waals surface area (Å²) in [4.78, 5) is 36.6. The molecule has 8 aromatic carbocycles. The number of aromatic nitrogens is 1. The number of carbonyl (C=O) groups excluding carboxylic acids is 2. The maximum atomic E-state index is 13.3. The van der Waals surface area contributed by atoms with Crippen molar-refractivity contribution in [3.63, 3.8) is 0 Å². The summed E-state index contributed by atoms with van der Waals surface area (Å²) in [6, 6.07) is 73.6. The van der Waals surface area contributed by atoms with Gasteiger partial charge in [-0.25, -0.2) is 9.59 Å². The second-order valence-corrected chi connectivity index (χ2v) is 22.1. The summed E-state index contributed by atoms with van der Waals surface area (Å²) in [5, 5.41) is 2.11. The van der Waals surface area contributed by atoms with Crippen molar-refractivity contribution in [2.24, 2.45) is 0 Å². The minimum absolute atomic E-state index is 0.253. The average Bonchev–Trinajstić information content (AvgIpc) is 3.71. The molecule has 0 unspecified atom stereocenters. The molecule has 7 heteroatoms. The molecule has 0 amide bonds. The second kappa shape index (κ2) is 17.7. The molecule has 1 aliphatic rings. The third-order valence-electron chi connectivity index (χ3n) is 12.3. The van der Waals surface area contributed by atoms with Crippen molar-refractivity contribution < 1.29 is 19.1 Å². The summed E-state index contributed by atoms with van der Waals surface area (Å²) in [7, 11) is -1.33. The number of rotatable bonds is 11. The highest BCUT2D eigenvalue weighted by atomic mass is 32.3. The van der Waals surface area contributed by atoms with E-state index in [1.54, 1.807) is 12.1 Å². The molecule has 10 rings (SSSR count). The zero-order valence-electron chi connectivity index (χ0n) is 36.2. The van der Waals surface area contributed by atoms with Gasteiger partial charge in [-0.1, -0.05) is 109 Å². The molecule has 5 nitrogen and oxygen atoms in total. The van der Waals surface area contributed by atoms with E-state index in [9.17, 15) is 9.59 Å². The van der Waals surface area contributed by atoms with Crippen LogP contribution in [0.3, 0.4) is 0 Å². The Morgan fingerprint density at radius 2 is 0.831 bits per heavy atom. The van der Waals surface area contributed by atoms with Gasteiger partial charge < -0.3 is 14.0 Å². The molecule has 65 heavy (non-hydrogen) atoms. The van der Waals surface area contributed by atoms with Gasteiger partial charge in [-0.2, -0.15) is 0 Å². The first-order chi connectivity index (χ1) is 32.0. The van der Waals surface area contributed by atoms with Gasteiger partial charge in [0, 0.05) is 50.7 Å². The number of ether oxygens (including phenoxy) is 2. The summed E-state index contributed by atoms with van der Waals surface area (Å²) in [6.45, 7) is 0. The van der Waals surface area contributed by atoms with E-state index in [2.05, 4.69) is 211 Å². The van der Waals surface area contributed by atoms with E-state index in [1.807, 2.05) is 0 Å². The van der Waals surface area contributed by atoms with Gasteiger partial charge in [0.25, 0.3) is 0 Å². The van der Waals surface area contributed by atoms with Crippen molar-refractivity contribution in [1.29, 1.82) is 0 Å². The first kappa shape index (κ1) is 41.7. The molecular weight excluding hydrogens is 839 g/mol. The van der Waals surface area contributed by atoms with Crippen molar-refractivity contribution in [3.8, 4) is 5.69 Å². The van der Waals surface area contributed by atoms with E-state index < -0.39 is 32.0 Å². The van der Waals surface area contributed by atoms with Gasteiger partial charge in [0.2, 0.25) is 0 Å². The Bertz CT molecular complexity index is 3080. The third kappa shape index (κ3) is 7.08. The first-order valence-corrected chi connectivity index (χ1v) is 24.9. The Labute approximate surface area is 382 Å². The minimum Gasteiger partial charge on any atom is -0.465 e. The lowest BCUT2D eigenvalue weighted by Gasteiger charge is -2.44. The summed E-state index contributed by atoms with van der Waals surface area (Å²) < 4.78 is 12.6. The van der Waals surface area contributed by atoms with Crippen molar-refractivity contribution in [3.05, 3.63) is 241 Å². The van der Waals surface area contributed by atoms with Crippen LogP contribution in [0.1, 0.15) is 33.6 Å². The smallest absolute Gasteiger partial charge is 0.337 e. The molecule has 0 atom stereocenters. The molecular formula is C58H47NO4S2. The highest BCUT2D eigenvalue weighted by Gasteiger charge is 2.37. The van der Waals surface area contributed by atoms with Gasteiger partial charge >= 0.3 is 11.9 Å². The van der Waals surface area contributed by atoms with E-state index in [0.717, 1.165) is 34.6 Å². The van der Waals surface area contributed by atoms with E-state index >= 15 is 0 Å². The van der Waals surface area contributed by atoms with Crippen LogP contribution >= 0.6 is 20.1 Å². The number of benzene rings is 8. The van der Waals surface area contributed by atoms with Crippen LogP contribution in [0.2, 0.25) is 0 Å². The van der Waals surface area contributed by atoms with Crippen LogP contribution in [-0.2, 0) is 9.47 Å². The van der Waals surface area contributed by atoms with Crippen LogP contribution in [0.4, 0.5) is 0 Å². The number of hydrogen-bond acceptors (Lipinski definition) is 4. The Hall–Kier alpha value is -7.32. The van der Waals surface area contributed by atoms with E-state index in [4.69, 9.17) is 9.47 Å². The first-order valence-electron chi connectivity index (χ1n) is 21.7. The van der Waals surface area contributed by atoms with Crippen LogP contribution < -0.4 is 0 Å². The fraction of sp³-hybridized carbons (Fsp3) is 0.0690. The quantitative estimate of drug-likeness (QED) is 0.121. The molecule has 0 bridgehead atoms. The molecule has 0 N–H and O–H groups in total. The topological polar surface area (TPSA) is 57.5 Å². The van der Waals surface area contributed by atoms with Crippen LogP contribution in [0.25, 0.3) is 27.5 Å². The Balaban J connectivity index is 1.36. The fourth-order valence-corrected chi connectivity index (χ4v) is 17.5. The number of fused-ring (bicyclic) bond motifs is 3. The second-order valence-electron chi connectivity index (χ2n) is 15.8. The zero-order valence-corrected chi connectivity index (χ0v) is 37.8. The largest absolute Gasteiger partial charge is 0.465 e. The number of methoxy groups -OCH3 is 2. The van der Waals surface area contributed by atoms with Gasteiger partial charge in [-0.3, -0.25) is 0 Å². The maximum absolute atomic E-state index is 13.3. The predicted molar refractivity (Wildman–Crippen MR) is 265 cm³/mol. The Morgan fingerprint density at radius 3 is 1.20 bits per heavy atom. The van der Waals surface area contributed by atoms with Crippen LogP contribution in [0.5, 0.6) is 0 Å². The molecule has 1 heterocycles. The van der Waals surface area contributed by atoms with Gasteiger partial charge in [-0.05, 0) is 133 Å². The number of allylic oxidation sites excluding steroid dienone is 4. The van der Waals surface area contributed by atoms with Gasteiger partial charge in [0.05, 0.1) is 36.4 Å². The molecule has 0 radical (unpaired) electrons. The van der Waals surface area contributed by atoms with E-state index in [0.29, 0.717) is 5.69 Å². The SMILES string of the molecule is COC(=O)c1cc(C(=O)OC)cc(-n2c3ccc(S(C4=CC=CCC4)(c4ccccc4)c4ccccc4)cc3c3cc(S(c4ccccc4)(c4ccccc4)c4ccccc4)ccc32)c1. The lowest BCUT2D eigenvalue weighted by atomic mass is 10.1. The van der Waals surface area contributed by atoms with Crippen LogP contribution in [-0.4, -0.2) is 30.7 Å². The number of nitrogens with zero attached hydrogens (tertiary/aromatic N) is 1. The number of carbonyl (C=O) groups is 2. The molecule has 0 aliphatic heterocycles. The van der Waals surface area contributed by atoms with Crippen molar-refractivity contribution >= 4 is 53.8 Å². The summed E-state index contributed by atoms with van der Waals surface area (Å²) in [5.74, 6) is -1.09. The zero-order chi connectivity index (χ0) is 44.4. The van der Waals surface area contributed by atoms with Crippen LogP contribution in [0.15, 0.2) is 264 Å². The molecule has 320 valence electrons. The molecule has 1 aromatic heterocycles. The normalized spacial score (nSPS) is 13.3. The lowest BCUT2D eigenvalue weighted by Crippen LogP contribution is -2.09. The molecule has 1 aliphatic carbocycles. The average molecular weight is 886 g/mol. The van der Waals surface area contributed by atoms with E-state index in [1.165, 1.54) is 59.5 Å². The van der Waals surface area contributed by atoms with E-state index in [-0.39, 0.29) is 11.1 Å². The number of esters is 2. The van der Waals surface area contributed by atoms with Crippen molar-refractivity contribution in [2.45, 2.75) is 47.1 Å². The molecule has 0 saturated carbocycles. The fourth-order valence-electron chi connectivity index (χ4n) is 9.49. The third-order valence-corrected chi connectivity index (χ3v) is 20.2. The highest BCUT2D eigenvalue weighted by molar-refractivity contribution is 8.37. The Kier molecular flexibility index (Phi) is 11.3. The summed E-state index contributed by atoms with van der Waals surface area (Å²) in [5.41, 5.74) is 3.02. The Morgan fingerprint density at radius 1 is 0.446 bits per heavy atom. The molecule has 0 spiro atoms. The summed E-state index contributed by atoms with van der Waals surface area (Å²) in [6.07, 6.45) is 8.72. The lowest BCUT2D eigenvalue weighted by molar-refractivity contribution is 0.0599. The highest BCUT2D eigenvalue weighted by Crippen LogP contribution is 2.76. The molecule has 0 saturated heterocycles. The van der Waals surface area contributed by atoms with Crippen molar-refractivity contribution in [1.82, 2.24) is 4.57 Å². The predicted octanol–water partition coefficient (Wildman–Crippen LogP) is 15.2. The van der Waals surface area contributed by atoms with Crippen LogP contribution in [0, 0.1) is 0 Å². The number of hydrogen-bond donors (Lipinski definition) is 0.